The highest BCUT2D eigenvalue weighted by Gasteiger charge is 2.39. The van der Waals surface area contributed by atoms with Crippen LogP contribution in [0.25, 0.3) is 0 Å². The molecule has 0 amide bonds. The maximum absolute atomic E-state index is 11.1. The molecule has 0 saturated carbocycles. The Bertz CT molecular complexity index is 831. The monoisotopic (exact) mass is 322 g/mol. The molecule has 0 aromatic heterocycles. The van der Waals surface area contributed by atoms with E-state index in [9.17, 15) is 10.1 Å². The normalized spacial score (nSPS) is 24.0. The molecule has 1 aliphatic carbocycles. The molecule has 3 atom stereocenters. The van der Waals surface area contributed by atoms with Gasteiger partial charge in [-0.25, -0.2) is 0 Å². The number of nitrogens with one attached hydrogen (secondary N) is 1. The van der Waals surface area contributed by atoms with Crippen LogP contribution in [0.4, 0.5) is 11.4 Å². The third-order valence-corrected chi connectivity index (χ3v) is 5.02. The number of nitro benzene ring substituents is 1. The van der Waals surface area contributed by atoms with E-state index in [2.05, 4.69) is 23.5 Å². The van der Waals surface area contributed by atoms with Gasteiger partial charge in [0, 0.05) is 18.1 Å². The van der Waals surface area contributed by atoms with Crippen molar-refractivity contribution in [1.82, 2.24) is 0 Å². The molecular weight excluding hydrogens is 304 g/mol. The lowest BCUT2D eigenvalue weighted by Crippen LogP contribution is -2.29. The molecule has 5 nitrogen and oxygen atoms in total. The molecule has 0 unspecified atom stereocenters. The molecule has 1 heterocycles. The molecule has 0 spiro atoms. The van der Waals surface area contributed by atoms with Crippen molar-refractivity contribution < 1.29 is 9.66 Å². The van der Waals surface area contributed by atoms with Crippen LogP contribution in [0.3, 0.4) is 0 Å². The van der Waals surface area contributed by atoms with Crippen molar-refractivity contribution in [2.45, 2.75) is 18.4 Å². The molecule has 0 bridgehead atoms. The second-order valence-corrected chi connectivity index (χ2v) is 6.25. The van der Waals surface area contributed by atoms with Gasteiger partial charge in [0.25, 0.3) is 5.69 Å². The zero-order chi connectivity index (χ0) is 16.7. The molecular formula is C19H18N2O3. The van der Waals surface area contributed by atoms with Crippen LogP contribution < -0.4 is 10.1 Å². The Labute approximate surface area is 140 Å². The predicted molar refractivity (Wildman–Crippen MR) is 92.4 cm³/mol. The van der Waals surface area contributed by atoms with Crippen molar-refractivity contribution in [3.8, 4) is 5.75 Å². The number of para-hydroxylation sites is 1. The van der Waals surface area contributed by atoms with Crippen LogP contribution in [-0.2, 0) is 0 Å². The van der Waals surface area contributed by atoms with E-state index < -0.39 is 0 Å². The van der Waals surface area contributed by atoms with E-state index in [4.69, 9.17) is 4.74 Å². The summed E-state index contributed by atoms with van der Waals surface area (Å²) in [6.45, 7) is 0. The number of methoxy groups -OCH3 is 1. The fraction of sp³-hybridized carbons (Fsp3) is 0.263. The van der Waals surface area contributed by atoms with Crippen LogP contribution in [0.1, 0.15) is 29.5 Å². The average molecular weight is 322 g/mol. The molecule has 2 aromatic carbocycles. The second-order valence-electron chi connectivity index (χ2n) is 6.25. The second kappa shape index (κ2) is 5.67. The number of nitro groups is 1. The summed E-state index contributed by atoms with van der Waals surface area (Å²) in [5, 5.41) is 14.7. The van der Waals surface area contributed by atoms with Gasteiger partial charge < -0.3 is 10.1 Å². The van der Waals surface area contributed by atoms with E-state index >= 15 is 0 Å². The Morgan fingerprint density at radius 3 is 2.88 bits per heavy atom. The van der Waals surface area contributed by atoms with Gasteiger partial charge in [-0.2, -0.15) is 0 Å². The zero-order valence-corrected chi connectivity index (χ0v) is 13.3. The predicted octanol–water partition coefficient (Wildman–Crippen LogP) is 4.43. The number of non-ortho nitro benzene ring substituents is 1. The minimum atomic E-state index is -0.342. The van der Waals surface area contributed by atoms with Crippen LogP contribution in [0.5, 0.6) is 5.75 Å². The molecule has 4 rings (SSSR count). The lowest BCUT2D eigenvalue weighted by molar-refractivity contribution is -0.384. The molecule has 1 aliphatic heterocycles. The molecule has 122 valence electrons. The lowest BCUT2D eigenvalue weighted by atomic mass is 9.77. The van der Waals surface area contributed by atoms with Crippen molar-refractivity contribution in [3.05, 3.63) is 75.9 Å². The van der Waals surface area contributed by atoms with Crippen LogP contribution in [0.15, 0.2) is 54.6 Å². The lowest BCUT2D eigenvalue weighted by Gasteiger charge is -2.38. The maximum atomic E-state index is 11.1. The zero-order valence-electron chi connectivity index (χ0n) is 13.3. The summed E-state index contributed by atoms with van der Waals surface area (Å²) in [6.07, 6.45) is 5.41. The van der Waals surface area contributed by atoms with Crippen LogP contribution in [-0.4, -0.2) is 12.0 Å². The third-order valence-electron chi connectivity index (χ3n) is 5.02. The van der Waals surface area contributed by atoms with Crippen molar-refractivity contribution in [3.63, 3.8) is 0 Å². The minimum Gasteiger partial charge on any atom is -0.495 e. The number of hydrogen-bond acceptors (Lipinski definition) is 4. The number of nitrogens with zero attached hydrogens (tertiary/aromatic N) is 1. The molecule has 1 N–H and O–H groups in total. The quantitative estimate of drug-likeness (QED) is 0.516. The number of rotatable bonds is 3. The Hall–Kier alpha value is -2.82. The van der Waals surface area contributed by atoms with E-state index in [-0.39, 0.29) is 16.7 Å². The van der Waals surface area contributed by atoms with Gasteiger partial charge in [-0.1, -0.05) is 36.4 Å². The summed E-state index contributed by atoms with van der Waals surface area (Å²) < 4.78 is 5.51. The van der Waals surface area contributed by atoms with E-state index in [1.807, 2.05) is 18.2 Å². The molecule has 5 heteroatoms. The van der Waals surface area contributed by atoms with Crippen molar-refractivity contribution >= 4 is 11.4 Å². The van der Waals surface area contributed by atoms with Gasteiger partial charge in [0.2, 0.25) is 0 Å². The first-order valence-corrected chi connectivity index (χ1v) is 8.03. The van der Waals surface area contributed by atoms with E-state index in [1.54, 1.807) is 19.2 Å². The summed E-state index contributed by atoms with van der Waals surface area (Å²) in [5.41, 5.74) is 3.29. The van der Waals surface area contributed by atoms with Gasteiger partial charge in [0.1, 0.15) is 5.75 Å². The first kappa shape index (κ1) is 14.8. The number of allylic oxidation sites excluding steroid dienone is 2. The number of benzene rings is 2. The molecule has 24 heavy (non-hydrogen) atoms. The fourth-order valence-electron chi connectivity index (χ4n) is 3.92. The summed E-state index contributed by atoms with van der Waals surface area (Å²) in [6, 6.07) is 13.0. The Kier molecular flexibility index (Phi) is 3.49. The first-order valence-electron chi connectivity index (χ1n) is 8.03. The molecule has 0 saturated heterocycles. The number of hydrogen-bond donors (Lipinski definition) is 1. The van der Waals surface area contributed by atoms with Crippen LogP contribution >= 0.6 is 0 Å². The number of fused-ring (bicyclic) bond motifs is 3. The summed E-state index contributed by atoms with van der Waals surface area (Å²) in [7, 11) is 1.66. The molecule has 2 aromatic rings. The Morgan fingerprint density at radius 2 is 2.08 bits per heavy atom. The Balaban J connectivity index is 1.80. The highest BCUT2D eigenvalue weighted by Crippen LogP contribution is 2.52. The van der Waals surface area contributed by atoms with Crippen molar-refractivity contribution in [1.29, 1.82) is 0 Å². The summed E-state index contributed by atoms with van der Waals surface area (Å²) in [4.78, 5) is 10.8. The van der Waals surface area contributed by atoms with Crippen LogP contribution in [0, 0.1) is 16.0 Å². The van der Waals surface area contributed by atoms with Crippen molar-refractivity contribution in [2.24, 2.45) is 5.92 Å². The van der Waals surface area contributed by atoms with Crippen molar-refractivity contribution in [2.75, 3.05) is 12.4 Å². The third kappa shape index (κ3) is 2.24. The van der Waals surface area contributed by atoms with E-state index in [1.165, 1.54) is 11.6 Å². The van der Waals surface area contributed by atoms with Gasteiger partial charge in [-0.15, -0.1) is 0 Å². The summed E-state index contributed by atoms with van der Waals surface area (Å²) in [5.74, 6) is 1.47. The van der Waals surface area contributed by atoms with Gasteiger partial charge in [-0.05, 0) is 29.5 Å². The van der Waals surface area contributed by atoms with E-state index in [0.29, 0.717) is 11.8 Å². The first-order chi connectivity index (χ1) is 11.7. The minimum absolute atomic E-state index is 0.0219. The SMILES string of the molecule is COc1cccc2c1N[C@H](c1cccc([N+](=O)[O-])c1)[C@H]1CC=C[C@H]21. The summed E-state index contributed by atoms with van der Waals surface area (Å²) >= 11 is 0. The molecule has 0 fully saturated rings. The van der Waals surface area contributed by atoms with Gasteiger partial charge in [-0.3, -0.25) is 10.1 Å². The van der Waals surface area contributed by atoms with Crippen LogP contribution in [0.2, 0.25) is 0 Å². The topological polar surface area (TPSA) is 64.4 Å². The van der Waals surface area contributed by atoms with E-state index in [0.717, 1.165) is 23.4 Å². The average Bonchev–Trinajstić information content (AvgIpc) is 3.10. The maximum Gasteiger partial charge on any atom is 0.269 e. The van der Waals surface area contributed by atoms with Gasteiger partial charge in [0.05, 0.1) is 23.8 Å². The highest BCUT2D eigenvalue weighted by molar-refractivity contribution is 5.67. The Morgan fingerprint density at radius 1 is 1.25 bits per heavy atom. The molecule has 0 radical (unpaired) electrons. The standard InChI is InChI=1S/C19H18N2O3/c1-24-17-10-4-9-16-14-7-3-8-15(14)18(20-19(16)17)12-5-2-6-13(11-12)21(22)23/h2-7,9-11,14-15,18,20H,8H2,1H3/t14-,15-,18+/m0/s1. The highest BCUT2D eigenvalue weighted by atomic mass is 16.6. The number of anilines is 1. The molecule has 2 aliphatic rings. The number of ether oxygens (including phenoxy) is 1. The largest absolute Gasteiger partial charge is 0.495 e. The smallest absolute Gasteiger partial charge is 0.269 e. The van der Waals surface area contributed by atoms with Gasteiger partial charge in [0.15, 0.2) is 0 Å². The van der Waals surface area contributed by atoms with Gasteiger partial charge >= 0.3 is 0 Å². The fourth-order valence-corrected chi connectivity index (χ4v) is 3.92.